The van der Waals surface area contributed by atoms with Crippen LogP contribution >= 0.6 is 0 Å². The first-order chi connectivity index (χ1) is 12.5. The van der Waals surface area contributed by atoms with Crippen molar-refractivity contribution in [2.45, 2.75) is 91.5 Å². The van der Waals surface area contributed by atoms with Crippen LogP contribution in [0.1, 0.15) is 86.0 Å². The van der Waals surface area contributed by atoms with Gasteiger partial charge < -0.3 is 5.32 Å². The number of carbonyl (C=O) groups excluding carboxylic acids is 2. The summed E-state index contributed by atoms with van der Waals surface area (Å²) in [5, 5.41) is 3.26. The molecule has 0 aromatic heterocycles. The standard InChI is InChI=1S/C24H37NO2/c1-22(2,3)25-21(27)20-9-8-18-17-7-6-15-14-16(26)10-12-23(15,4)19(17)11-13-24(18,20)5/h14,17-20H,6-13H2,1-5H3,(H,25,27)/t17-,18-,19-,20+,23-,24-/m0/s1. The van der Waals surface area contributed by atoms with Crippen LogP contribution in [-0.4, -0.2) is 17.2 Å². The van der Waals surface area contributed by atoms with E-state index in [1.165, 1.54) is 24.8 Å². The number of hydrogen-bond acceptors (Lipinski definition) is 2. The van der Waals surface area contributed by atoms with E-state index in [1.807, 2.05) is 6.08 Å². The predicted molar refractivity (Wildman–Crippen MR) is 108 cm³/mol. The summed E-state index contributed by atoms with van der Waals surface area (Å²) in [5.74, 6) is 2.88. The molecule has 3 fully saturated rings. The molecule has 3 saturated carbocycles. The van der Waals surface area contributed by atoms with Crippen LogP contribution in [0, 0.1) is 34.5 Å². The summed E-state index contributed by atoms with van der Waals surface area (Å²) < 4.78 is 0. The van der Waals surface area contributed by atoms with Gasteiger partial charge in [-0.05, 0) is 100 Å². The molecule has 0 aliphatic heterocycles. The number of nitrogens with one attached hydrogen (secondary N) is 1. The monoisotopic (exact) mass is 371 g/mol. The van der Waals surface area contributed by atoms with E-state index in [-0.39, 0.29) is 28.2 Å². The van der Waals surface area contributed by atoms with E-state index in [9.17, 15) is 9.59 Å². The number of allylic oxidation sites excluding steroid dienone is 1. The molecule has 4 rings (SSSR count). The SMILES string of the molecule is CC(C)(C)NC(=O)[C@H]1CC[C@H]2[C@@H]3CCC4=CC(=O)CC[C@]4(C)[C@H]3CC[C@]12C. The van der Waals surface area contributed by atoms with Crippen molar-refractivity contribution in [1.82, 2.24) is 5.32 Å². The van der Waals surface area contributed by atoms with Crippen LogP contribution in [-0.2, 0) is 9.59 Å². The molecule has 3 heteroatoms. The molecule has 0 spiro atoms. The highest BCUT2D eigenvalue weighted by molar-refractivity contribution is 5.91. The Hall–Kier alpha value is -1.12. The third-order valence-corrected chi connectivity index (χ3v) is 8.78. The van der Waals surface area contributed by atoms with Crippen LogP contribution in [0.15, 0.2) is 11.6 Å². The third kappa shape index (κ3) is 3.00. The van der Waals surface area contributed by atoms with E-state index in [0.29, 0.717) is 17.6 Å². The number of carbonyl (C=O) groups is 2. The smallest absolute Gasteiger partial charge is 0.224 e. The fraction of sp³-hybridized carbons (Fsp3) is 0.833. The Balaban J connectivity index is 1.58. The first kappa shape index (κ1) is 19.2. The van der Waals surface area contributed by atoms with E-state index < -0.39 is 0 Å². The zero-order chi connectivity index (χ0) is 19.6. The molecule has 0 aromatic rings. The number of hydrogen-bond donors (Lipinski definition) is 1. The fourth-order valence-electron chi connectivity index (χ4n) is 7.45. The molecule has 1 amide bonds. The van der Waals surface area contributed by atoms with Gasteiger partial charge in [-0.15, -0.1) is 0 Å². The molecule has 1 N–H and O–H groups in total. The number of ketones is 1. The van der Waals surface area contributed by atoms with Crippen molar-refractivity contribution in [3.63, 3.8) is 0 Å². The summed E-state index contributed by atoms with van der Waals surface area (Å²) in [7, 11) is 0. The predicted octanol–water partition coefficient (Wildman–Crippen LogP) is 5.05. The van der Waals surface area contributed by atoms with Crippen LogP contribution in [0.25, 0.3) is 0 Å². The minimum absolute atomic E-state index is 0.151. The first-order valence-corrected chi connectivity index (χ1v) is 11.1. The van der Waals surface area contributed by atoms with Crippen molar-refractivity contribution in [2.75, 3.05) is 0 Å². The first-order valence-electron chi connectivity index (χ1n) is 11.1. The van der Waals surface area contributed by atoms with Gasteiger partial charge >= 0.3 is 0 Å². The molecule has 4 aliphatic rings. The molecule has 0 unspecified atom stereocenters. The molecule has 0 radical (unpaired) electrons. The van der Waals surface area contributed by atoms with Crippen molar-refractivity contribution < 1.29 is 9.59 Å². The van der Waals surface area contributed by atoms with Gasteiger partial charge in [0.05, 0.1) is 0 Å². The second kappa shape index (κ2) is 6.19. The maximum Gasteiger partial charge on any atom is 0.224 e. The molecule has 4 aliphatic carbocycles. The highest BCUT2D eigenvalue weighted by Crippen LogP contribution is 2.66. The van der Waals surface area contributed by atoms with Gasteiger partial charge in [-0.2, -0.15) is 0 Å². The van der Waals surface area contributed by atoms with Crippen molar-refractivity contribution >= 4 is 11.7 Å². The van der Waals surface area contributed by atoms with Crippen molar-refractivity contribution in [2.24, 2.45) is 34.5 Å². The average Bonchev–Trinajstić information content (AvgIpc) is 2.91. The number of amides is 1. The summed E-state index contributed by atoms with van der Waals surface area (Å²) in [5.41, 5.74) is 1.65. The molecule has 0 saturated heterocycles. The molecule has 27 heavy (non-hydrogen) atoms. The summed E-state index contributed by atoms with van der Waals surface area (Å²) >= 11 is 0. The number of rotatable bonds is 1. The summed E-state index contributed by atoms with van der Waals surface area (Å²) in [6.45, 7) is 11.1. The zero-order valence-corrected chi connectivity index (χ0v) is 17.9. The maximum atomic E-state index is 13.1. The molecular formula is C24H37NO2. The van der Waals surface area contributed by atoms with E-state index in [2.05, 4.69) is 39.9 Å². The van der Waals surface area contributed by atoms with Gasteiger partial charge in [0.15, 0.2) is 5.78 Å². The Morgan fingerprint density at radius 2 is 1.78 bits per heavy atom. The van der Waals surface area contributed by atoms with Crippen LogP contribution in [0.3, 0.4) is 0 Å². The van der Waals surface area contributed by atoms with Gasteiger partial charge in [0.2, 0.25) is 5.91 Å². The topological polar surface area (TPSA) is 46.2 Å². The van der Waals surface area contributed by atoms with Gasteiger partial charge in [-0.25, -0.2) is 0 Å². The quantitative estimate of drug-likeness (QED) is 0.701. The lowest BCUT2D eigenvalue weighted by Gasteiger charge is -2.58. The van der Waals surface area contributed by atoms with Crippen LogP contribution < -0.4 is 5.32 Å². The fourth-order valence-corrected chi connectivity index (χ4v) is 7.45. The largest absolute Gasteiger partial charge is 0.351 e. The van der Waals surface area contributed by atoms with Gasteiger partial charge in [0.1, 0.15) is 0 Å². The molecule has 0 aromatic carbocycles. The van der Waals surface area contributed by atoms with Crippen molar-refractivity contribution in [3.05, 3.63) is 11.6 Å². The molecular weight excluding hydrogens is 334 g/mol. The average molecular weight is 372 g/mol. The Bertz CT molecular complexity index is 687. The molecule has 6 atom stereocenters. The van der Waals surface area contributed by atoms with Crippen molar-refractivity contribution in [1.29, 1.82) is 0 Å². The summed E-state index contributed by atoms with van der Waals surface area (Å²) in [4.78, 5) is 25.0. The van der Waals surface area contributed by atoms with E-state index in [0.717, 1.165) is 38.0 Å². The highest BCUT2D eigenvalue weighted by atomic mass is 16.2. The highest BCUT2D eigenvalue weighted by Gasteiger charge is 2.60. The van der Waals surface area contributed by atoms with Crippen LogP contribution in [0.4, 0.5) is 0 Å². The molecule has 150 valence electrons. The van der Waals surface area contributed by atoms with Crippen molar-refractivity contribution in [3.8, 4) is 0 Å². The van der Waals surface area contributed by atoms with E-state index >= 15 is 0 Å². The minimum atomic E-state index is -0.157. The zero-order valence-electron chi connectivity index (χ0n) is 17.9. The second-order valence-electron chi connectivity index (χ2n) is 11.4. The van der Waals surface area contributed by atoms with Gasteiger partial charge in [0, 0.05) is 17.9 Å². The van der Waals surface area contributed by atoms with Gasteiger partial charge in [-0.1, -0.05) is 19.4 Å². The maximum absolute atomic E-state index is 13.1. The molecule has 0 bridgehead atoms. The summed E-state index contributed by atoms with van der Waals surface area (Å²) in [6.07, 6.45) is 10.7. The molecule has 3 nitrogen and oxygen atoms in total. The van der Waals surface area contributed by atoms with E-state index in [1.54, 1.807) is 0 Å². The lowest BCUT2D eigenvalue weighted by Crippen LogP contribution is -2.53. The Kier molecular flexibility index (Phi) is 4.40. The molecule has 0 heterocycles. The second-order valence-corrected chi connectivity index (χ2v) is 11.4. The normalized spacial score (nSPS) is 44.0. The lowest BCUT2D eigenvalue weighted by atomic mass is 9.47. The number of fused-ring (bicyclic) bond motifs is 5. The van der Waals surface area contributed by atoms with E-state index in [4.69, 9.17) is 0 Å². The Morgan fingerprint density at radius 3 is 2.48 bits per heavy atom. The lowest BCUT2D eigenvalue weighted by molar-refractivity contribution is -0.134. The van der Waals surface area contributed by atoms with Crippen LogP contribution in [0.5, 0.6) is 0 Å². The van der Waals surface area contributed by atoms with Gasteiger partial charge in [0.25, 0.3) is 0 Å². The van der Waals surface area contributed by atoms with Crippen LogP contribution in [0.2, 0.25) is 0 Å². The summed E-state index contributed by atoms with van der Waals surface area (Å²) in [6, 6.07) is 0. The Morgan fingerprint density at radius 1 is 1.04 bits per heavy atom. The third-order valence-electron chi connectivity index (χ3n) is 8.78. The Labute approximate surface area is 164 Å². The minimum Gasteiger partial charge on any atom is -0.351 e. The van der Waals surface area contributed by atoms with Gasteiger partial charge in [-0.3, -0.25) is 9.59 Å².